The molecule has 1 atom stereocenters. The molecule has 0 bridgehead atoms. The fourth-order valence-corrected chi connectivity index (χ4v) is 3.69. The van der Waals surface area contributed by atoms with Gasteiger partial charge in [-0.25, -0.2) is 4.98 Å². The van der Waals surface area contributed by atoms with E-state index in [0.29, 0.717) is 6.04 Å². The summed E-state index contributed by atoms with van der Waals surface area (Å²) in [5, 5.41) is 6.78. The van der Waals surface area contributed by atoms with Crippen molar-refractivity contribution in [1.29, 1.82) is 0 Å². The van der Waals surface area contributed by atoms with E-state index in [0.717, 1.165) is 12.1 Å². The van der Waals surface area contributed by atoms with Gasteiger partial charge in [0, 0.05) is 23.5 Å². The molecule has 1 N–H and O–H groups in total. The van der Waals surface area contributed by atoms with Gasteiger partial charge in [0.1, 0.15) is 0 Å². The zero-order valence-electron chi connectivity index (χ0n) is 11.6. The first-order valence-corrected chi connectivity index (χ1v) is 7.84. The third kappa shape index (κ3) is 2.72. The Morgan fingerprint density at radius 1 is 1.32 bits per heavy atom. The van der Waals surface area contributed by atoms with Crippen LogP contribution in [-0.2, 0) is 19.3 Å². The Labute approximate surface area is 118 Å². The van der Waals surface area contributed by atoms with E-state index in [1.165, 1.54) is 29.8 Å². The highest BCUT2D eigenvalue weighted by Gasteiger charge is 2.16. The Kier molecular flexibility index (Phi) is 3.67. The number of rotatable bonds is 4. The summed E-state index contributed by atoms with van der Waals surface area (Å²) in [6.07, 6.45) is 4.80. The number of thiazole rings is 1. The average Bonchev–Trinajstić information content (AvgIpc) is 3.03. The quantitative estimate of drug-likeness (QED) is 0.922. The molecule has 1 aromatic heterocycles. The van der Waals surface area contributed by atoms with Crippen molar-refractivity contribution < 1.29 is 0 Å². The normalized spacial score (nSPS) is 15.5. The number of hydrogen-bond donors (Lipinski definition) is 1. The second-order valence-electron chi connectivity index (χ2n) is 5.31. The molecule has 1 unspecified atom stereocenters. The van der Waals surface area contributed by atoms with Crippen molar-refractivity contribution in [2.45, 2.75) is 38.6 Å². The van der Waals surface area contributed by atoms with E-state index in [1.54, 1.807) is 22.5 Å². The third-order valence-corrected chi connectivity index (χ3v) is 4.91. The topological polar surface area (TPSA) is 24.9 Å². The maximum absolute atomic E-state index is 4.57. The highest BCUT2D eigenvalue weighted by Crippen LogP contribution is 2.27. The molecule has 100 valence electrons. The van der Waals surface area contributed by atoms with E-state index in [2.05, 4.69) is 40.8 Å². The zero-order chi connectivity index (χ0) is 13.2. The Balaban J connectivity index is 1.82. The van der Waals surface area contributed by atoms with Gasteiger partial charge in [-0.15, -0.1) is 11.3 Å². The second kappa shape index (κ2) is 5.43. The fourth-order valence-electron chi connectivity index (χ4n) is 2.87. The molecule has 1 aromatic carbocycles. The maximum atomic E-state index is 4.57. The Hall–Kier alpha value is -1.19. The Bertz CT molecular complexity index is 574. The molecule has 2 aromatic rings. The zero-order valence-corrected chi connectivity index (χ0v) is 12.4. The molecule has 3 heteroatoms. The molecule has 0 amide bonds. The smallest absolute Gasteiger partial charge is 0.0947 e. The van der Waals surface area contributed by atoms with Gasteiger partial charge in [0.2, 0.25) is 0 Å². The van der Waals surface area contributed by atoms with Crippen LogP contribution in [0, 0.1) is 6.92 Å². The van der Waals surface area contributed by atoms with Crippen molar-refractivity contribution in [3.8, 4) is 0 Å². The van der Waals surface area contributed by atoms with E-state index >= 15 is 0 Å². The molecule has 0 spiro atoms. The minimum atomic E-state index is 0.372. The van der Waals surface area contributed by atoms with E-state index < -0.39 is 0 Å². The highest BCUT2D eigenvalue weighted by atomic mass is 32.1. The van der Waals surface area contributed by atoms with Gasteiger partial charge in [0.05, 0.1) is 5.01 Å². The predicted octanol–water partition coefficient (Wildman–Crippen LogP) is 3.44. The van der Waals surface area contributed by atoms with E-state index in [4.69, 9.17) is 0 Å². The Morgan fingerprint density at radius 2 is 2.16 bits per heavy atom. The van der Waals surface area contributed by atoms with Crippen molar-refractivity contribution in [3.05, 3.63) is 51.0 Å². The molecule has 3 rings (SSSR count). The summed E-state index contributed by atoms with van der Waals surface area (Å²) in [7, 11) is 2.04. The summed E-state index contributed by atoms with van der Waals surface area (Å²) in [5.74, 6) is 0. The number of nitrogens with one attached hydrogen (secondary N) is 1. The molecule has 0 saturated carbocycles. The van der Waals surface area contributed by atoms with Gasteiger partial charge < -0.3 is 5.32 Å². The lowest BCUT2D eigenvalue weighted by Gasteiger charge is -2.16. The lowest BCUT2D eigenvalue weighted by Crippen LogP contribution is -2.19. The molecule has 0 saturated heterocycles. The van der Waals surface area contributed by atoms with Crippen molar-refractivity contribution >= 4 is 11.3 Å². The number of fused-ring (bicyclic) bond motifs is 1. The number of benzene rings is 1. The number of likely N-dealkylation sites (N-methyl/N-ethyl adjacent to an activating group) is 1. The van der Waals surface area contributed by atoms with Crippen molar-refractivity contribution in [3.63, 3.8) is 0 Å². The molecule has 19 heavy (non-hydrogen) atoms. The standard InChI is InChI=1S/C16H20N2S/c1-11-10-19-16(18-11)9-15(17-2)14-7-6-12-4-3-5-13(12)8-14/h6-8,10,15,17H,3-5,9H2,1-2H3. The van der Waals surface area contributed by atoms with E-state index in [9.17, 15) is 0 Å². The van der Waals surface area contributed by atoms with E-state index in [1.807, 2.05) is 7.05 Å². The summed E-state index contributed by atoms with van der Waals surface area (Å²) in [5.41, 5.74) is 5.62. The van der Waals surface area contributed by atoms with Crippen LogP contribution in [0.3, 0.4) is 0 Å². The van der Waals surface area contributed by atoms with Crippen LogP contribution in [0.2, 0.25) is 0 Å². The van der Waals surface area contributed by atoms with Crippen LogP contribution in [0.5, 0.6) is 0 Å². The first-order valence-electron chi connectivity index (χ1n) is 6.96. The lowest BCUT2D eigenvalue weighted by molar-refractivity contribution is 0.589. The Morgan fingerprint density at radius 3 is 2.89 bits per heavy atom. The lowest BCUT2D eigenvalue weighted by atomic mass is 9.99. The summed E-state index contributed by atoms with van der Waals surface area (Å²) >= 11 is 1.76. The van der Waals surface area contributed by atoms with Gasteiger partial charge in [0.25, 0.3) is 0 Å². The third-order valence-electron chi connectivity index (χ3n) is 3.92. The molecular formula is C16H20N2S. The van der Waals surface area contributed by atoms with Gasteiger partial charge in [-0.05, 0) is 49.9 Å². The molecule has 0 aliphatic heterocycles. The summed E-state index contributed by atoms with van der Waals surface area (Å²) < 4.78 is 0. The molecule has 1 aliphatic carbocycles. The largest absolute Gasteiger partial charge is 0.313 e. The summed E-state index contributed by atoms with van der Waals surface area (Å²) in [6.45, 7) is 2.06. The van der Waals surface area contributed by atoms with Crippen LogP contribution in [0.4, 0.5) is 0 Å². The molecule has 0 radical (unpaired) electrons. The van der Waals surface area contributed by atoms with Crippen LogP contribution in [0.25, 0.3) is 0 Å². The first kappa shape index (κ1) is 12.8. The van der Waals surface area contributed by atoms with Crippen molar-refractivity contribution in [2.75, 3.05) is 7.05 Å². The van der Waals surface area contributed by atoms with Gasteiger partial charge in [-0.3, -0.25) is 0 Å². The number of nitrogens with zero attached hydrogens (tertiary/aromatic N) is 1. The van der Waals surface area contributed by atoms with Crippen LogP contribution in [0.1, 0.15) is 39.9 Å². The summed E-state index contributed by atoms with van der Waals surface area (Å²) in [6, 6.07) is 7.36. The second-order valence-corrected chi connectivity index (χ2v) is 6.25. The monoisotopic (exact) mass is 272 g/mol. The molecule has 1 aliphatic rings. The van der Waals surface area contributed by atoms with Gasteiger partial charge in [0.15, 0.2) is 0 Å². The van der Waals surface area contributed by atoms with E-state index in [-0.39, 0.29) is 0 Å². The van der Waals surface area contributed by atoms with Gasteiger partial charge in [-0.2, -0.15) is 0 Å². The molecule has 1 heterocycles. The molecule has 0 fully saturated rings. The molecule has 2 nitrogen and oxygen atoms in total. The van der Waals surface area contributed by atoms with Crippen LogP contribution in [-0.4, -0.2) is 12.0 Å². The minimum absolute atomic E-state index is 0.372. The number of aryl methyl sites for hydroxylation is 3. The van der Waals surface area contributed by atoms with Crippen LogP contribution >= 0.6 is 11.3 Å². The van der Waals surface area contributed by atoms with Gasteiger partial charge in [-0.1, -0.05) is 18.2 Å². The van der Waals surface area contributed by atoms with Crippen molar-refractivity contribution in [2.24, 2.45) is 0 Å². The number of hydrogen-bond acceptors (Lipinski definition) is 3. The van der Waals surface area contributed by atoms with Crippen LogP contribution < -0.4 is 5.32 Å². The average molecular weight is 272 g/mol. The van der Waals surface area contributed by atoms with Gasteiger partial charge >= 0.3 is 0 Å². The highest BCUT2D eigenvalue weighted by molar-refractivity contribution is 7.09. The molecular weight excluding hydrogens is 252 g/mol. The summed E-state index contributed by atoms with van der Waals surface area (Å²) in [4.78, 5) is 4.57. The predicted molar refractivity (Wildman–Crippen MR) is 80.8 cm³/mol. The maximum Gasteiger partial charge on any atom is 0.0947 e. The SMILES string of the molecule is CNC(Cc1nc(C)cs1)c1ccc2c(c1)CCC2. The minimum Gasteiger partial charge on any atom is -0.313 e. The fraction of sp³-hybridized carbons (Fsp3) is 0.438. The first-order chi connectivity index (χ1) is 9.26. The van der Waals surface area contributed by atoms with Crippen LogP contribution in [0.15, 0.2) is 23.6 Å². The van der Waals surface area contributed by atoms with Crippen molar-refractivity contribution in [1.82, 2.24) is 10.3 Å². The number of aromatic nitrogens is 1.